The molecule has 2 aromatic heterocycles. The minimum atomic E-state index is -0.167. The zero-order chi connectivity index (χ0) is 15.0. The molecule has 0 fully saturated rings. The zero-order valence-electron chi connectivity index (χ0n) is 11.7. The van der Waals surface area contributed by atoms with Crippen molar-refractivity contribution in [3.63, 3.8) is 0 Å². The number of benzene rings is 1. The Bertz CT molecular complexity index is 797. The summed E-state index contributed by atoms with van der Waals surface area (Å²) in [5.41, 5.74) is 2.93. The van der Waals surface area contributed by atoms with Crippen LogP contribution >= 0.6 is 27.5 Å². The van der Waals surface area contributed by atoms with Crippen molar-refractivity contribution in [2.75, 3.05) is 0 Å². The van der Waals surface area contributed by atoms with Crippen molar-refractivity contribution in [1.29, 1.82) is 0 Å². The van der Waals surface area contributed by atoms with Crippen molar-refractivity contribution < 1.29 is 0 Å². The van der Waals surface area contributed by atoms with Crippen molar-refractivity contribution in [2.45, 2.75) is 25.8 Å². The van der Waals surface area contributed by atoms with Crippen LogP contribution < -0.4 is 0 Å². The lowest BCUT2D eigenvalue weighted by Gasteiger charge is -2.10. The Kier molecular flexibility index (Phi) is 3.95. The molecule has 21 heavy (non-hydrogen) atoms. The van der Waals surface area contributed by atoms with Crippen molar-refractivity contribution in [2.24, 2.45) is 0 Å². The van der Waals surface area contributed by atoms with Crippen molar-refractivity contribution in [3.8, 4) is 0 Å². The van der Waals surface area contributed by atoms with Crippen LogP contribution in [0.1, 0.15) is 29.6 Å². The van der Waals surface area contributed by atoms with Crippen LogP contribution in [0.25, 0.3) is 11.0 Å². The van der Waals surface area contributed by atoms with Gasteiger partial charge in [-0.3, -0.25) is 0 Å². The molecular weight excluding hydrogens is 352 g/mol. The first-order chi connectivity index (χ1) is 10.0. The SMILES string of the molecule is Cc1nccc(Cn2c(C(C)Cl)nc3cc(Br)ccc32)n1. The molecule has 1 unspecified atom stereocenters. The second kappa shape index (κ2) is 5.73. The second-order valence-electron chi connectivity index (χ2n) is 4.90. The van der Waals surface area contributed by atoms with Crippen molar-refractivity contribution in [3.05, 3.63) is 52.3 Å². The molecule has 0 radical (unpaired) electrons. The molecule has 2 heterocycles. The predicted molar refractivity (Wildman–Crippen MR) is 87.6 cm³/mol. The van der Waals surface area contributed by atoms with Crippen LogP contribution in [-0.2, 0) is 6.54 Å². The van der Waals surface area contributed by atoms with Crippen LogP contribution in [0.2, 0.25) is 0 Å². The first kappa shape index (κ1) is 14.5. The number of aryl methyl sites for hydroxylation is 1. The largest absolute Gasteiger partial charge is 0.321 e. The Balaban J connectivity index is 2.13. The fourth-order valence-corrected chi connectivity index (χ4v) is 2.86. The summed E-state index contributed by atoms with van der Waals surface area (Å²) in [4.78, 5) is 13.2. The van der Waals surface area contributed by atoms with Gasteiger partial charge < -0.3 is 4.57 Å². The Hall–Kier alpha value is -1.46. The average molecular weight is 366 g/mol. The average Bonchev–Trinajstić information content (AvgIpc) is 2.77. The summed E-state index contributed by atoms with van der Waals surface area (Å²) in [6, 6.07) is 7.97. The smallest absolute Gasteiger partial charge is 0.128 e. The van der Waals surface area contributed by atoms with Gasteiger partial charge in [0.25, 0.3) is 0 Å². The summed E-state index contributed by atoms with van der Waals surface area (Å²) in [5, 5.41) is -0.167. The second-order valence-corrected chi connectivity index (χ2v) is 6.47. The number of imidazole rings is 1. The molecule has 0 saturated carbocycles. The molecule has 4 nitrogen and oxygen atoms in total. The minimum absolute atomic E-state index is 0.167. The fourth-order valence-electron chi connectivity index (χ4n) is 2.35. The summed E-state index contributed by atoms with van der Waals surface area (Å²) in [6.45, 7) is 4.45. The monoisotopic (exact) mass is 364 g/mol. The van der Waals surface area contributed by atoms with Crippen LogP contribution in [-0.4, -0.2) is 19.5 Å². The minimum Gasteiger partial charge on any atom is -0.321 e. The molecule has 0 saturated heterocycles. The third-order valence-electron chi connectivity index (χ3n) is 3.25. The Labute approximate surface area is 136 Å². The van der Waals surface area contributed by atoms with Crippen molar-refractivity contribution in [1.82, 2.24) is 19.5 Å². The van der Waals surface area contributed by atoms with Gasteiger partial charge in [-0.15, -0.1) is 11.6 Å². The zero-order valence-corrected chi connectivity index (χ0v) is 14.1. The first-order valence-corrected chi connectivity index (χ1v) is 7.86. The summed E-state index contributed by atoms with van der Waals surface area (Å²) in [6.07, 6.45) is 1.77. The van der Waals surface area contributed by atoms with E-state index in [0.29, 0.717) is 6.54 Å². The molecule has 3 aromatic rings. The summed E-state index contributed by atoms with van der Waals surface area (Å²) in [5.74, 6) is 1.61. The van der Waals surface area contributed by atoms with E-state index in [1.165, 1.54) is 0 Å². The Morgan fingerprint density at radius 3 is 2.81 bits per heavy atom. The van der Waals surface area contributed by atoms with Gasteiger partial charge >= 0.3 is 0 Å². The molecule has 0 N–H and O–H groups in total. The van der Waals surface area contributed by atoms with Crippen LogP contribution in [0, 0.1) is 6.92 Å². The molecule has 0 amide bonds. The molecular formula is C15H14BrClN4. The maximum atomic E-state index is 6.29. The van der Waals surface area contributed by atoms with Gasteiger partial charge in [0, 0.05) is 10.7 Å². The van der Waals surface area contributed by atoms with E-state index in [1.54, 1.807) is 6.20 Å². The van der Waals surface area contributed by atoms with Crippen LogP contribution in [0.5, 0.6) is 0 Å². The molecule has 0 bridgehead atoms. The number of hydrogen-bond acceptors (Lipinski definition) is 3. The lowest BCUT2D eigenvalue weighted by atomic mass is 10.3. The quantitative estimate of drug-likeness (QED) is 0.652. The predicted octanol–water partition coefficient (Wildman–Crippen LogP) is 4.25. The number of nitrogens with zero attached hydrogens (tertiary/aromatic N) is 4. The van der Waals surface area contributed by atoms with Gasteiger partial charge in [-0.1, -0.05) is 15.9 Å². The van der Waals surface area contributed by atoms with Crippen molar-refractivity contribution >= 4 is 38.6 Å². The highest BCUT2D eigenvalue weighted by molar-refractivity contribution is 9.10. The number of aromatic nitrogens is 4. The van der Waals surface area contributed by atoms with E-state index >= 15 is 0 Å². The molecule has 1 atom stereocenters. The third-order valence-corrected chi connectivity index (χ3v) is 3.94. The molecule has 1 aromatic carbocycles. The van der Waals surface area contributed by atoms with Gasteiger partial charge in [-0.05, 0) is 38.1 Å². The molecule has 0 aliphatic heterocycles. The highest BCUT2D eigenvalue weighted by Crippen LogP contribution is 2.27. The Morgan fingerprint density at radius 2 is 2.10 bits per heavy atom. The van der Waals surface area contributed by atoms with E-state index < -0.39 is 0 Å². The lowest BCUT2D eigenvalue weighted by Crippen LogP contribution is -2.08. The number of halogens is 2. The first-order valence-electron chi connectivity index (χ1n) is 6.63. The van der Waals surface area contributed by atoms with Gasteiger partial charge in [0.15, 0.2) is 0 Å². The topological polar surface area (TPSA) is 43.6 Å². The molecule has 6 heteroatoms. The molecule has 108 valence electrons. The van der Waals surface area contributed by atoms with E-state index in [1.807, 2.05) is 38.1 Å². The maximum Gasteiger partial charge on any atom is 0.128 e. The van der Waals surface area contributed by atoms with Gasteiger partial charge in [0.05, 0.1) is 28.6 Å². The number of fused-ring (bicyclic) bond motifs is 1. The Morgan fingerprint density at radius 1 is 1.29 bits per heavy atom. The van der Waals surface area contributed by atoms with E-state index in [0.717, 1.165) is 32.8 Å². The van der Waals surface area contributed by atoms with E-state index in [-0.39, 0.29) is 5.38 Å². The summed E-state index contributed by atoms with van der Waals surface area (Å²) < 4.78 is 3.12. The van der Waals surface area contributed by atoms with E-state index in [2.05, 4.69) is 35.4 Å². The van der Waals surface area contributed by atoms with Crippen LogP contribution in [0.3, 0.4) is 0 Å². The van der Waals surface area contributed by atoms with Gasteiger partial charge in [0.2, 0.25) is 0 Å². The van der Waals surface area contributed by atoms with E-state index in [9.17, 15) is 0 Å². The van der Waals surface area contributed by atoms with Crippen LogP contribution in [0.15, 0.2) is 34.9 Å². The maximum absolute atomic E-state index is 6.29. The molecule has 0 aliphatic carbocycles. The number of alkyl halides is 1. The fraction of sp³-hybridized carbons (Fsp3) is 0.267. The van der Waals surface area contributed by atoms with Gasteiger partial charge in [-0.2, -0.15) is 0 Å². The van der Waals surface area contributed by atoms with Gasteiger partial charge in [0.1, 0.15) is 11.6 Å². The molecule has 3 rings (SSSR count). The van der Waals surface area contributed by atoms with E-state index in [4.69, 9.17) is 11.6 Å². The molecule has 0 spiro atoms. The highest BCUT2D eigenvalue weighted by Gasteiger charge is 2.15. The summed E-state index contributed by atoms with van der Waals surface area (Å²) >= 11 is 9.77. The van der Waals surface area contributed by atoms with Crippen LogP contribution in [0.4, 0.5) is 0 Å². The normalized spacial score (nSPS) is 12.8. The van der Waals surface area contributed by atoms with Gasteiger partial charge in [-0.25, -0.2) is 15.0 Å². The highest BCUT2D eigenvalue weighted by atomic mass is 79.9. The number of rotatable bonds is 3. The number of hydrogen-bond donors (Lipinski definition) is 0. The lowest BCUT2D eigenvalue weighted by molar-refractivity contribution is 0.721. The summed E-state index contributed by atoms with van der Waals surface area (Å²) in [7, 11) is 0. The molecule has 0 aliphatic rings. The third kappa shape index (κ3) is 2.94. The standard InChI is InChI=1S/C15H14BrClN4/c1-9(17)15-20-13-7-11(16)3-4-14(13)21(15)8-12-5-6-18-10(2)19-12/h3-7,9H,8H2,1-2H3.